The van der Waals surface area contributed by atoms with Crippen molar-refractivity contribution >= 4 is 23.5 Å². The molecule has 1 aliphatic carbocycles. The van der Waals surface area contributed by atoms with Crippen LogP contribution in [0, 0.1) is 6.92 Å². The highest BCUT2D eigenvalue weighted by Crippen LogP contribution is 2.23. The summed E-state index contributed by atoms with van der Waals surface area (Å²) in [6, 6.07) is 5.38. The number of carbonyl (C=O) groups is 3. The van der Waals surface area contributed by atoms with Crippen LogP contribution in [0.1, 0.15) is 48.0 Å². The number of hydrogen-bond acceptors (Lipinski definition) is 6. The van der Waals surface area contributed by atoms with E-state index in [9.17, 15) is 14.4 Å². The van der Waals surface area contributed by atoms with Crippen molar-refractivity contribution in [2.24, 2.45) is 0 Å². The molecule has 7 heteroatoms. The highest BCUT2D eigenvalue weighted by atomic mass is 16.5. The van der Waals surface area contributed by atoms with E-state index in [0.717, 1.165) is 31.8 Å². The van der Waals surface area contributed by atoms with Crippen LogP contribution in [0.2, 0.25) is 0 Å². The molecule has 0 atom stereocenters. The monoisotopic (exact) mass is 374 g/mol. The Labute approximate surface area is 159 Å². The first-order chi connectivity index (χ1) is 13.0. The fourth-order valence-corrected chi connectivity index (χ4v) is 3.10. The van der Waals surface area contributed by atoms with Crippen molar-refractivity contribution in [3.63, 3.8) is 0 Å². The van der Waals surface area contributed by atoms with Crippen LogP contribution in [0.3, 0.4) is 0 Å². The lowest BCUT2D eigenvalue weighted by molar-refractivity contribution is -0.138. The van der Waals surface area contributed by atoms with Gasteiger partial charge in [-0.05, 0) is 37.5 Å². The van der Waals surface area contributed by atoms with E-state index in [1.807, 2.05) is 0 Å². The molecule has 2 rings (SSSR count). The molecule has 0 spiro atoms. The fourth-order valence-electron chi connectivity index (χ4n) is 3.10. The van der Waals surface area contributed by atoms with E-state index in [4.69, 9.17) is 4.74 Å². The molecule has 0 aliphatic heterocycles. The molecule has 1 fully saturated rings. The molecule has 1 aromatic rings. The minimum atomic E-state index is -0.711. The predicted molar refractivity (Wildman–Crippen MR) is 101 cm³/mol. The number of ether oxygens (including phenoxy) is 2. The summed E-state index contributed by atoms with van der Waals surface area (Å²) in [6.45, 7) is 1.78. The minimum Gasteiger partial charge on any atom is -0.466 e. The molecule has 0 unspecified atom stereocenters. The van der Waals surface area contributed by atoms with Crippen LogP contribution in [-0.4, -0.2) is 38.1 Å². The van der Waals surface area contributed by atoms with Crippen molar-refractivity contribution in [2.75, 3.05) is 19.5 Å². The molecule has 1 amide bonds. The molecular weight excluding hydrogens is 348 g/mol. The molecule has 0 saturated heterocycles. The number of amides is 1. The van der Waals surface area contributed by atoms with Gasteiger partial charge in [0.2, 0.25) is 0 Å². The van der Waals surface area contributed by atoms with Crippen molar-refractivity contribution in [3.8, 4) is 0 Å². The maximum atomic E-state index is 12.7. The molecular formula is C20H26N2O5. The smallest absolute Gasteiger partial charge is 0.354 e. The quantitative estimate of drug-likeness (QED) is 0.587. The summed E-state index contributed by atoms with van der Waals surface area (Å²) in [5, 5.41) is 5.95. The van der Waals surface area contributed by atoms with Gasteiger partial charge in [0, 0.05) is 17.3 Å². The number of carbonyl (C=O) groups excluding carboxylic acids is 3. The zero-order chi connectivity index (χ0) is 19.8. The maximum absolute atomic E-state index is 12.7. The zero-order valence-corrected chi connectivity index (χ0v) is 16.0. The first kappa shape index (κ1) is 20.5. The topological polar surface area (TPSA) is 93.7 Å². The van der Waals surface area contributed by atoms with Crippen LogP contribution in [0.25, 0.3) is 0 Å². The molecule has 27 heavy (non-hydrogen) atoms. The van der Waals surface area contributed by atoms with Gasteiger partial charge in [-0.25, -0.2) is 9.59 Å². The third kappa shape index (κ3) is 5.57. The van der Waals surface area contributed by atoms with Crippen LogP contribution in [0.4, 0.5) is 5.69 Å². The second-order valence-electron chi connectivity index (χ2n) is 6.48. The van der Waals surface area contributed by atoms with Gasteiger partial charge in [0.25, 0.3) is 5.91 Å². The Balaban J connectivity index is 2.21. The SMILES string of the molecule is COC(=O)/C=C(/Nc1cccc(C(=O)NC2CCCCC2)c1C)C(=O)OC. The molecule has 0 bridgehead atoms. The largest absolute Gasteiger partial charge is 0.466 e. The Hall–Kier alpha value is -2.83. The zero-order valence-electron chi connectivity index (χ0n) is 16.0. The van der Waals surface area contributed by atoms with Gasteiger partial charge in [0.05, 0.1) is 20.3 Å². The number of anilines is 1. The summed E-state index contributed by atoms with van der Waals surface area (Å²) in [6.07, 6.45) is 6.49. The predicted octanol–water partition coefficient (Wildman–Crippen LogP) is 2.70. The summed E-state index contributed by atoms with van der Waals surface area (Å²) in [5.74, 6) is -1.54. The maximum Gasteiger partial charge on any atom is 0.354 e. The molecule has 0 radical (unpaired) electrons. The van der Waals surface area contributed by atoms with Gasteiger partial charge < -0.3 is 20.1 Å². The van der Waals surface area contributed by atoms with Crippen LogP contribution in [0.15, 0.2) is 30.0 Å². The minimum absolute atomic E-state index is 0.0720. The van der Waals surface area contributed by atoms with E-state index in [1.165, 1.54) is 20.6 Å². The van der Waals surface area contributed by atoms with Gasteiger partial charge >= 0.3 is 11.9 Å². The van der Waals surface area contributed by atoms with Crippen LogP contribution in [0.5, 0.6) is 0 Å². The Morgan fingerprint density at radius 3 is 2.41 bits per heavy atom. The standard InChI is InChI=1S/C20H26N2O5/c1-13-15(19(24)21-14-8-5-4-6-9-14)10-7-11-16(13)22-17(20(25)27-3)12-18(23)26-2/h7,10-12,14,22H,4-6,8-9H2,1-3H3,(H,21,24)/b17-12+. The summed E-state index contributed by atoms with van der Waals surface area (Å²) >= 11 is 0. The van der Waals surface area contributed by atoms with Crippen molar-refractivity contribution < 1.29 is 23.9 Å². The van der Waals surface area contributed by atoms with Gasteiger partial charge in [-0.3, -0.25) is 4.79 Å². The molecule has 7 nitrogen and oxygen atoms in total. The lowest BCUT2D eigenvalue weighted by Gasteiger charge is -2.23. The van der Waals surface area contributed by atoms with Gasteiger partial charge in [-0.1, -0.05) is 25.3 Å². The van der Waals surface area contributed by atoms with Gasteiger partial charge in [-0.15, -0.1) is 0 Å². The third-order valence-electron chi connectivity index (χ3n) is 4.66. The average Bonchev–Trinajstić information content (AvgIpc) is 2.68. The van der Waals surface area contributed by atoms with Crippen LogP contribution < -0.4 is 10.6 Å². The van der Waals surface area contributed by atoms with E-state index < -0.39 is 11.9 Å². The average molecular weight is 374 g/mol. The number of benzene rings is 1. The normalized spacial score (nSPS) is 15.0. The number of nitrogens with one attached hydrogen (secondary N) is 2. The first-order valence-corrected chi connectivity index (χ1v) is 9.01. The second kappa shape index (κ2) is 9.75. The summed E-state index contributed by atoms with van der Waals surface area (Å²) in [5.41, 5.74) is 1.66. The van der Waals surface area contributed by atoms with E-state index >= 15 is 0 Å². The molecule has 1 aliphatic rings. The third-order valence-corrected chi connectivity index (χ3v) is 4.66. The summed E-state index contributed by atoms with van der Waals surface area (Å²) in [7, 11) is 2.44. The van der Waals surface area contributed by atoms with E-state index in [0.29, 0.717) is 16.8 Å². The Kier molecular flexibility index (Phi) is 7.40. The van der Waals surface area contributed by atoms with Gasteiger partial charge in [-0.2, -0.15) is 0 Å². The number of hydrogen-bond donors (Lipinski definition) is 2. The van der Waals surface area contributed by atoms with Crippen LogP contribution in [-0.2, 0) is 19.1 Å². The fraction of sp³-hybridized carbons (Fsp3) is 0.450. The van der Waals surface area contributed by atoms with Crippen molar-refractivity contribution in [2.45, 2.75) is 45.1 Å². The molecule has 0 aromatic heterocycles. The number of methoxy groups -OCH3 is 2. The second-order valence-corrected chi connectivity index (χ2v) is 6.48. The molecule has 1 saturated carbocycles. The highest BCUT2D eigenvalue weighted by molar-refractivity contribution is 6.00. The lowest BCUT2D eigenvalue weighted by Crippen LogP contribution is -2.36. The Morgan fingerprint density at radius 1 is 1.07 bits per heavy atom. The molecule has 2 N–H and O–H groups in total. The van der Waals surface area contributed by atoms with Gasteiger partial charge in [0.1, 0.15) is 5.70 Å². The molecule has 1 aromatic carbocycles. The van der Waals surface area contributed by atoms with Crippen molar-refractivity contribution in [1.82, 2.24) is 5.32 Å². The van der Waals surface area contributed by atoms with E-state index in [2.05, 4.69) is 15.4 Å². The van der Waals surface area contributed by atoms with E-state index in [1.54, 1.807) is 25.1 Å². The number of rotatable bonds is 6. The van der Waals surface area contributed by atoms with Crippen molar-refractivity contribution in [3.05, 3.63) is 41.1 Å². The Bertz CT molecular complexity index is 736. The first-order valence-electron chi connectivity index (χ1n) is 9.01. The Morgan fingerprint density at radius 2 is 1.78 bits per heavy atom. The van der Waals surface area contributed by atoms with E-state index in [-0.39, 0.29) is 17.6 Å². The highest BCUT2D eigenvalue weighted by Gasteiger charge is 2.20. The van der Waals surface area contributed by atoms with Crippen molar-refractivity contribution in [1.29, 1.82) is 0 Å². The summed E-state index contributed by atoms with van der Waals surface area (Å²) < 4.78 is 9.25. The van der Waals surface area contributed by atoms with Crippen LogP contribution >= 0.6 is 0 Å². The molecule has 146 valence electrons. The number of esters is 2. The van der Waals surface area contributed by atoms with Gasteiger partial charge in [0.15, 0.2) is 0 Å². The lowest BCUT2D eigenvalue weighted by atomic mass is 9.95. The summed E-state index contributed by atoms with van der Waals surface area (Å²) in [4.78, 5) is 36.1. The molecule has 0 heterocycles.